The minimum absolute atomic E-state index is 0.0965. The Kier molecular flexibility index (Phi) is 6.15. The molecule has 5 rings (SSSR count). The molecule has 0 aromatic heterocycles. The van der Waals surface area contributed by atoms with Gasteiger partial charge in [0.25, 0.3) is 5.91 Å². The van der Waals surface area contributed by atoms with E-state index in [2.05, 4.69) is 4.72 Å². The number of carboxylic acid groups (broad SMARTS) is 1. The molecule has 3 aromatic rings. The molecule has 3 aromatic carbocycles. The molecule has 36 heavy (non-hydrogen) atoms. The van der Waals surface area contributed by atoms with Gasteiger partial charge in [-0.25, -0.2) is 13.1 Å². The van der Waals surface area contributed by atoms with Crippen LogP contribution in [-0.2, 0) is 21.4 Å². The van der Waals surface area contributed by atoms with Crippen LogP contribution in [0.3, 0.4) is 0 Å². The maximum atomic E-state index is 13.8. The number of nitrogens with zero attached hydrogens (tertiary/aromatic N) is 1. The lowest BCUT2D eigenvalue weighted by Gasteiger charge is -2.41. The number of amides is 1. The number of rotatable bonds is 6. The average molecular weight is 509 g/mol. The van der Waals surface area contributed by atoms with E-state index in [-0.39, 0.29) is 12.5 Å². The third kappa shape index (κ3) is 4.52. The Balaban J connectivity index is 1.62. The summed E-state index contributed by atoms with van der Waals surface area (Å²) in [4.78, 5) is 27.9. The van der Waals surface area contributed by atoms with Gasteiger partial charge in [0.1, 0.15) is 19.1 Å². The van der Waals surface area contributed by atoms with Gasteiger partial charge in [-0.3, -0.25) is 14.5 Å². The van der Waals surface area contributed by atoms with Crippen LogP contribution < -0.4 is 19.1 Å². The Morgan fingerprint density at radius 2 is 1.72 bits per heavy atom. The SMILES string of the molecule is CS(=O)(=O)NCc1ccc(N2C(=O)c3ccccc3C(C(=O)O)C2c2ccc3c(c2)OCCO3)cc1. The second-order valence-electron chi connectivity index (χ2n) is 8.69. The van der Waals surface area contributed by atoms with Crippen LogP contribution in [0.1, 0.15) is 39.0 Å². The van der Waals surface area contributed by atoms with Crippen molar-refractivity contribution in [1.82, 2.24) is 4.72 Å². The molecule has 2 heterocycles. The summed E-state index contributed by atoms with van der Waals surface area (Å²) in [6.07, 6.45) is 1.08. The first-order valence-corrected chi connectivity index (χ1v) is 13.2. The largest absolute Gasteiger partial charge is 0.486 e. The van der Waals surface area contributed by atoms with Crippen LogP contribution in [0.2, 0.25) is 0 Å². The Labute approximate surface area is 208 Å². The third-order valence-corrected chi connectivity index (χ3v) is 6.93. The third-order valence-electron chi connectivity index (χ3n) is 6.27. The van der Waals surface area contributed by atoms with Crippen molar-refractivity contribution in [2.24, 2.45) is 0 Å². The van der Waals surface area contributed by atoms with Crippen molar-refractivity contribution in [3.05, 3.63) is 89.0 Å². The first-order valence-electron chi connectivity index (χ1n) is 11.3. The van der Waals surface area contributed by atoms with Gasteiger partial charge in [0, 0.05) is 17.8 Å². The topological polar surface area (TPSA) is 122 Å². The summed E-state index contributed by atoms with van der Waals surface area (Å²) in [7, 11) is -3.37. The van der Waals surface area contributed by atoms with Crippen molar-refractivity contribution in [3.63, 3.8) is 0 Å². The van der Waals surface area contributed by atoms with E-state index < -0.39 is 28.0 Å². The molecule has 0 spiro atoms. The number of sulfonamides is 1. The minimum Gasteiger partial charge on any atom is -0.486 e. The molecule has 0 saturated heterocycles. The van der Waals surface area contributed by atoms with Crippen molar-refractivity contribution in [3.8, 4) is 11.5 Å². The van der Waals surface area contributed by atoms with Gasteiger partial charge in [-0.05, 0) is 47.0 Å². The fraction of sp³-hybridized carbons (Fsp3) is 0.231. The van der Waals surface area contributed by atoms with Gasteiger partial charge in [-0.1, -0.05) is 36.4 Å². The van der Waals surface area contributed by atoms with Gasteiger partial charge in [0.2, 0.25) is 10.0 Å². The molecule has 1 amide bonds. The number of ether oxygens (including phenoxy) is 2. The molecule has 2 atom stereocenters. The molecule has 9 nitrogen and oxygen atoms in total. The lowest BCUT2D eigenvalue weighted by molar-refractivity contribution is -0.139. The highest BCUT2D eigenvalue weighted by molar-refractivity contribution is 7.88. The Morgan fingerprint density at radius 3 is 2.42 bits per heavy atom. The summed E-state index contributed by atoms with van der Waals surface area (Å²) in [6.45, 7) is 0.892. The number of hydrogen-bond acceptors (Lipinski definition) is 6. The van der Waals surface area contributed by atoms with Crippen LogP contribution >= 0.6 is 0 Å². The summed E-state index contributed by atoms with van der Waals surface area (Å²) < 4.78 is 36.7. The predicted octanol–water partition coefficient (Wildman–Crippen LogP) is 3.08. The maximum Gasteiger partial charge on any atom is 0.313 e. The molecule has 2 N–H and O–H groups in total. The molecular formula is C26H24N2O7S. The molecule has 2 unspecified atom stereocenters. The van der Waals surface area contributed by atoms with Gasteiger partial charge < -0.3 is 14.6 Å². The van der Waals surface area contributed by atoms with E-state index in [4.69, 9.17) is 9.47 Å². The van der Waals surface area contributed by atoms with Gasteiger partial charge in [0.05, 0.1) is 12.3 Å². The number of benzene rings is 3. The van der Waals surface area contributed by atoms with E-state index in [0.29, 0.717) is 52.7 Å². The van der Waals surface area contributed by atoms with E-state index in [9.17, 15) is 23.1 Å². The van der Waals surface area contributed by atoms with Gasteiger partial charge in [-0.15, -0.1) is 0 Å². The number of carbonyl (C=O) groups is 2. The molecule has 0 fully saturated rings. The number of carboxylic acids is 1. The predicted molar refractivity (Wildman–Crippen MR) is 132 cm³/mol. The first kappa shape index (κ1) is 23.8. The molecule has 2 aliphatic heterocycles. The average Bonchev–Trinajstić information content (AvgIpc) is 2.87. The number of carbonyl (C=O) groups excluding carboxylic acids is 1. The van der Waals surface area contributed by atoms with E-state index in [0.717, 1.165) is 6.26 Å². The van der Waals surface area contributed by atoms with Crippen LogP contribution in [-0.4, -0.2) is 44.9 Å². The zero-order valence-corrected chi connectivity index (χ0v) is 20.2. The fourth-order valence-corrected chi connectivity index (χ4v) is 5.09. The zero-order chi connectivity index (χ0) is 25.4. The van der Waals surface area contributed by atoms with Crippen molar-refractivity contribution in [2.45, 2.75) is 18.5 Å². The monoisotopic (exact) mass is 508 g/mol. The second kappa shape index (κ2) is 9.29. The summed E-state index contributed by atoms with van der Waals surface area (Å²) in [6, 6.07) is 17.9. The fourth-order valence-electron chi connectivity index (χ4n) is 4.66. The van der Waals surface area contributed by atoms with Crippen molar-refractivity contribution in [2.75, 3.05) is 24.4 Å². The summed E-state index contributed by atoms with van der Waals surface area (Å²) >= 11 is 0. The van der Waals surface area contributed by atoms with E-state index in [1.165, 1.54) is 4.90 Å². The lowest BCUT2D eigenvalue weighted by Crippen LogP contribution is -2.45. The molecular weight excluding hydrogens is 484 g/mol. The highest BCUT2D eigenvalue weighted by Gasteiger charge is 2.45. The van der Waals surface area contributed by atoms with E-state index in [1.807, 2.05) is 0 Å². The van der Waals surface area contributed by atoms with Gasteiger partial charge >= 0.3 is 5.97 Å². The van der Waals surface area contributed by atoms with Crippen LogP contribution in [0.15, 0.2) is 66.7 Å². The maximum absolute atomic E-state index is 13.8. The molecule has 186 valence electrons. The zero-order valence-electron chi connectivity index (χ0n) is 19.4. The van der Waals surface area contributed by atoms with Crippen LogP contribution in [0.25, 0.3) is 0 Å². The number of anilines is 1. The van der Waals surface area contributed by atoms with Crippen molar-refractivity contribution < 1.29 is 32.6 Å². The van der Waals surface area contributed by atoms with Gasteiger partial charge in [0.15, 0.2) is 11.5 Å². The standard InChI is InChI=1S/C26H24N2O7S/c1-36(32,33)27-15-16-6-9-18(10-7-16)28-24(17-8-11-21-22(14-17)35-13-12-34-21)23(26(30)31)19-4-2-3-5-20(19)25(28)29/h2-11,14,23-24,27H,12-13,15H2,1H3,(H,30,31). The van der Waals surface area contributed by atoms with Crippen LogP contribution in [0.4, 0.5) is 5.69 Å². The Morgan fingerprint density at radius 1 is 1.03 bits per heavy atom. The van der Waals surface area contributed by atoms with Crippen LogP contribution in [0, 0.1) is 0 Å². The second-order valence-corrected chi connectivity index (χ2v) is 10.5. The smallest absolute Gasteiger partial charge is 0.313 e. The number of nitrogens with one attached hydrogen (secondary N) is 1. The highest BCUT2D eigenvalue weighted by Crippen LogP contribution is 2.46. The van der Waals surface area contributed by atoms with E-state index in [1.54, 1.807) is 66.7 Å². The minimum atomic E-state index is -3.37. The van der Waals surface area contributed by atoms with Crippen molar-refractivity contribution >= 4 is 27.6 Å². The Bertz CT molecular complexity index is 1440. The number of fused-ring (bicyclic) bond motifs is 2. The molecule has 0 radical (unpaired) electrons. The highest BCUT2D eigenvalue weighted by atomic mass is 32.2. The van der Waals surface area contributed by atoms with E-state index >= 15 is 0 Å². The lowest BCUT2D eigenvalue weighted by atomic mass is 9.79. The normalized spacial score (nSPS) is 19.0. The number of aliphatic carboxylic acids is 1. The molecule has 2 aliphatic rings. The molecule has 10 heteroatoms. The Hall–Kier alpha value is -3.89. The summed E-state index contributed by atoms with van der Waals surface area (Å²) in [5.74, 6) is -1.36. The molecule has 0 aliphatic carbocycles. The van der Waals surface area contributed by atoms with Gasteiger partial charge in [-0.2, -0.15) is 0 Å². The summed E-state index contributed by atoms with van der Waals surface area (Å²) in [5, 5.41) is 10.3. The molecule has 0 saturated carbocycles. The molecule has 0 bridgehead atoms. The van der Waals surface area contributed by atoms with Crippen molar-refractivity contribution in [1.29, 1.82) is 0 Å². The quantitative estimate of drug-likeness (QED) is 0.525. The summed E-state index contributed by atoms with van der Waals surface area (Å²) in [5.41, 5.74) is 2.54. The van der Waals surface area contributed by atoms with Crippen LogP contribution in [0.5, 0.6) is 11.5 Å². The number of hydrogen-bond donors (Lipinski definition) is 2. The first-order chi connectivity index (χ1) is 17.2.